The van der Waals surface area contributed by atoms with E-state index < -0.39 is 5.91 Å². The van der Waals surface area contributed by atoms with Crippen LogP contribution in [-0.2, 0) is 0 Å². The van der Waals surface area contributed by atoms with E-state index in [1.165, 1.54) is 0 Å². The molecule has 0 atom stereocenters. The molecule has 0 spiro atoms. The number of hydrogen-bond donors (Lipinski definition) is 2. The molecule has 2 aromatic carbocycles. The Labute approximate surface area is 121 Å². The molecule has 5 heteroatoms. The van der Waals surface area contributed by atoms with Crippen LogP contribution in [0.1, 0.15) is 21.5 Å². The summed E-state index contributed by atoms with van der Waals surface area (Å²) in [4.78, 5) is 19.2. The second kappa shape index (κ2) is 4.76. The fraction of sp³-hybridized carbons (Fsp3) is 0.0625. The van der Waals surface area contributed by atoms with E-state index >= 15 is 0 Å². The molecular formula is C16H12N4O. The summed E-state index contributed by atoms with van der Waals surface area (Å²) in [5.41, 5.74) is 9.51. The minimum Gasteiger partial charge on any atom is -0.366 e. The summed E-state index contributed by atoms with van der Waals surface area (Å²) in [6.45, 7) is 1.90. The number of aromatic nitrogens is 2. The lowest BCUT2D eigenvalue weighted by atomic mass is 10.1. The number of carbonyl (C=O) groups is 1. The number of amides is 1. The van der Waals surface area contributed by atoms with Gasteiger partial charge in [-0.15, -0.1) is 0 Å². The van der Waals surface area contributed by atoms with Crippen molar-refractivity contribution in [2.24, 2.45) is 5.73 Å². The van der Waals surface area contributed by atoms with Crippen LogP contribution < -0.4 is 5.73 Å². The average molecular weight is 276 g/mol. The fourth-order valence-corrected chi connectivity index (χ4v) is 2.29. The van der Waals surface area contributed by atoms with Crippen molar-refractivity contribution in [3.05, 3.63) is 53.1 Å². The number of benzene rings is 2. The number of hydrogen-bond acceptors (Lipinski definition) is 3. The molecule has 1 aromatic heterocycles. The molecule has 0 bridgehead atoms. The largest absolute Gasteiger partial charge is 0.366 e. The standard InChI is InChI=1S/C16H12N4O/c1-9-6-12(15(18)21)14-13(7-9)19-16(20-14)11-4-2-10(8-17)3-5-11/h2-7H,1H3,(H2,18,21)(H,19,20). The SMILES string of the molecule is Cc1cc(C(N)=O)c2nc(-c3ccc(C#N)cc3)[nH]c2c1. The number of primary amides is 1. The Bertz CT molecular complexity index is 885. The van der Waals surface area contributed by atoms with Gasteiger partial charge in [0.15, 0.2) is 0 Å². The van der Waals surface area contributed by atoms with Gasteiger partial charge in [-0.25, -0.2) is 4.98 Å². The molecule has 102 valence electrons. The Morgan fingerprint density at radius 3 is 2.62 bits per heavy atom. The number of H-pyrrole nitrogens is 1. The van der Waals surface area contributed by atoms with Crippen molar-refractivity contribution in [2.45, 2.75) is 6.92 Å². The molecule has 0 aliphatic heterocycles. The van der Waals surface area contributed by atoms with Gasteiger partial charge in [0.2, 0.25) is 0 Å². The number of nitrogens with zero attached hydrogens (tertiary/aromatic N) is 2. The van der Waals surface area contributed by atoms with Crippen LogP contribution in [-0.4, -0.2) is 15.9 Å². The average Bonchev–Trinajstić information content (AvgIpc) is 2.90. The van der Waals surface area contributed by atoms with Crippen LogP contribution in [0.5, 0.6) is 0 Å². The molecule has 1 heterocycles. The highest BCUT2D eigenvalue weighted by Crippen LogP contribution is 2.24. The number of aromatic amines is 1. The normalized spacial score (nSPS) is 10.5. The molecule has 0 saturated heterocycles. The summed E-state index contributed by atoms with van der Waals surface area (Å²) in [5.74, 6) is 0.143. The van der Waals surface area contributed by atoms with Crippen LogP contribution in [0.15, 0.2) is 36.4 Å². The van der Waals surface area contributed by atoms with Crippen LogP contribution in [0.4, 0.5) is 0 Å². The number of nitrogens with one attached hydrogen (secondary N) is 1. The lowest BCUT2D eigenvalue weighted by Crippen LogP contribution is -2.11. The number of nitrogens with two attached hydrogens (primary N) is 1. The Morgan fingerprint density at radius 2 is 2.00 bits per heavy atom. The van der Waals surface area contributed by atoms with Crippen LogP contribution in [0.25, 0.3) is 22.4 Å². The Morgan fingerprint density at radius 1 is 1.29 bits per heavy atom. The van der Waals surface area contributed by atoms with Gasteiger partial charge in [0.1, 0.15) is 11.3 Å². The molecule has 1 amide bonds. The quantitative estimate of drug-likeness (QED) is 0.752. The first-order chi connectivity index (χ1) is 10.1. The molecule has 0 saturated carbocycles. The van der Waals surface area contributed by atoms with Crippen LogP contribution in [0.2, 0.25) is 0 Å². The summed E-state index contributed by atoms with van der Waals surface area (Å²) in [6.07, 6.45) is 0. The summed E-state index contributed by atoms with van der Waals surface area (Å²) < 4.78 is 0. The van der Waals surface area contributed by atoms with E-state index in [1.807, 2.05) is 25.1 Å². The van der Waals surface area contributed by atoms with Crippen molar-refractivity contribution in [1.82, 2.24) is 9.97 Å². The Balaban J connectivity index is 2.18. The van der Waals surface area contributed by atoms with Crippen molar-refractivity contribution in [2.75, 3.05) is 0 Å². The van der Waals surface area contributed by atoms with Gasteiger partial charge in [-0.2, -0.15) is 5.26 Å². The highest BCUT2D eigenvalue weighted by molar-refractivity contribution is 6.05. The van der Waals surface area contributed by atoms with Crippen LogP contribution >= 0.6 is 0 Å². The highest BCUT2D eigenvalue weighted by atomic mass is 16.1. The van der Waals surface area contributed by atoms with E-state index in [1.54, 1.807) is 18.2 Å². The molecule has 3 rings (SSSR count). The summed E-state index contributed by atoms with van der Waals surface area (Å²) in [6, 6.07) is 12.8. The molecule has 0 fully saturated rings. The Kier molecular flexibility index (Phi) is 2.92. The minimum atomic E-state index is -0.499. The monoisotopic (exact) mass is 276 g/mol. The molecule has 5 nitrogen and oxygen atoms in total. The first-order valence-corrected chi connectivity index (χ1v) is 6.39. The van der Waals surface area contributed by atoms with Gasteiger partial charge in [0.05, 0.1) is 22.7 Å². The van der Waals surface area contributed by atoms with E-state index in [-0.39, 0.29) is 0 Å². The van der Waals surface area contributed by atoms with Gasteiger partial charge >= 0.3 is 0 Å². The molecule has 0 aliphatic rings. The maximum Gasteiger partial charge on any atom is 0.250 e. The first kappa shape index (κ1) is 12.9. The molecule has 21 heavy (non-hydrogen) atoms. The zero-order valence-corrected chi connectivity index (χ0v) is 11.3. The van der Waals surface area contributed by atoms with E-state index in [9.17, 15) is 4.79 Å². The lowest BCUT2D eigenvalue weighted by Gasteiger charge is -1.98. The van der Waals surface area contributed by atoms with Crippen molar-refractivity contribution in [1.29, 1.82) is 5.26 Å². The van der Waals surface area contributed by atoms with Crippen molar-refractivity contribution >= 4 is 16.9 Å². The van der Waals surface area contributed by atoms with Gasteiger partial charge in [-0.3, -0.25) is 4.79 Å². The van der Waals surface area contributed by atoms with Gasteiger partial charge in [0.25, 0.3) is 5.91 Å². The van der Waals surface area contributed by atoms with Crippen molar-refractivity contribution in [3.63, 3.8) is 0 Å². The number of carbonyl (C=O) groups excluding carboxylic acids is 1. The smallest absolute Gasteiger partial charge is 0.250 e. The third kappa shape index (κ3) is 2.23. The molecule has 0 radical (unpaired) electrons. The fourth-order valence-electron chi connectivity index (χ4n) is 2.29. The summed E-state index contributed by atoms with van der Waals surface area (Å²) >= 11 is 0. The third-order valence-electron chi connectivity index (χ3n) is 3.28. The number of nitriles is 1. The van der Waals surface area contributed by atoms with Gasteiger partial charge in [-0.05, 0) is 48.9 Å². The van der Waals surface area contributed by atoms with Crippen molar-refractivity contribution < 1.29 is 4.79 Å². The van der Waals surface area contributed by atoms with Crippen molar-refractivity contribution in [3.8, 4) is 17.5 Å². The van der Waals surface area contributed by atoms with E-state index in [4.69, 9.17) is 11.0 Å². The van der Waals surface area contributed by atoms with Crippen LogP contribution in [0, 0.1) is 18.3 Å². The predicted molar refractivity (Wildman–Crippen MR) is 79.5 cm³/mol. The van der Waals surface area contributed by atoms with Gasteiger partial charge in [-0.1, -0.05) is 0 Å². The third-order valence-corrected chi connectivity index (χ3v) is 3.28. The van der Waals surface area contributed by atoms with E-state index in [0.717, 1.165) is 16.6 Å². The number of aryl methyl sites for hydroxylation is 1. The molecule has 3 N–H and O–H groups in total. The second-order valence-electron chi connectivity index (χ2n) is 4.85. The van der Waals surface area contributed by atoms with Crippen LogP contribution in [0.3, 0.4) is 0 Å². The maximum atomic E-state index is 11.5. The van der Waals surface area contributed by atoms with E-state index in [2.05, 4.69) is 16.0 Å². The molecule has 0 unspecified atom stereocenters. The lowest BCUT2D eigenvalue weighted by molar-refractivity contribution is 0.100. The highest BCUT2D eigenvalue weighted by Gasteiger charge is 2.13. The van der Waals surface area contributed by atoms with Gasteiger partial charge < -0.3 is 10.7 Å². The van der Waals surface area contributed by atoms with E-state index in [0.29, 0.717) is 22.5 Å². The summed E-state index contributed by atoms with van der Waals surface area (Å²) in [7, 11) is 0. The molecule has 3 aromatic rings. The maximum absolute atomic E-state index is 11.5. The zero-order valence-electron chi connectivity index (χ0n) is 11.3. The Hall–Kier alpha value is -3.13. The topological polar surface area (TPSA) is 95.6 Å². The number of fused-ring (bicyclic) bond motifs is 1. The summed E-state index contributed by atoms with van der Waals surface area (Å²) in [5, 5.41) is 8.82. The zero-order chi connectivity index (χ0) is 15.0. The molecule has 0 aliphatic carbocycles. The van der Waals surface area contributed by atoms with Gasteiger partial charge in [0, 0.05) is 5.56 Å². The minimum absolute atomic E-state index is 0.404. The first-order valence-electron chi connectivity index (χ1n) is 6.39. The molecular weight excluding hydrogens is 264 g/mol. The number of rotatable bonds is 2. The second-order valence-corrected chi connectivity index (χ2v) is 4.85. The number of imidazole rings is 1. The predicted octanol–water partition coefficient (Wildman–Crippen LogP) is 2.51.